The van der Waals surface area contributed by atoms with Gasteiger partial charge in [-0.3, -0.25) is 0 Å². The largest absolute Gasteiger partial charge is 0.489 e. The van der Waals surface area contributed by atoms with Crippen molar-refractivity contribution in [1.82, 2.24) is 0 Å². The van der Waals surface area contributed by atoms with Crippen LogP contribution in [0.25, 0.3) is 0 Å². The summed E-state index contributed by atoms with van der Waals surface area (Å²) in [4.78, 5) is 0. The fourth-order valence-electron chi connectivity index (χ4n) is 1.78. The Labute approximate surface area is 113 Å². The second-order valence-corrected chi connectivity index (χ2v) is 4.42. The van der Waals surface area contributed by atoms with Crippen LogP contribution in [0.5, 0.6) is 5.75 Å². The van der Waals surface area contributed by atoms with Gasteiger partial charge in [0.15, 0.2) is 0 Å². The van der Waals surface area contributed by atoms with E-state index in [1.165, 1.54) is 11.1 Å². The zero-order chi connectivity index (χ0) is 13.7. The molecular formula is C16H17NO2. The Morgan fingerprint density at radius 2 is 1.79 bits per heavy atom. The van der Waals surface area contributed by atoms with Crippen LogP contribution < -0.4 is 4.74 Å². The number of hydrogen-bond acceptors (Lipinski definition) is 3. The lowest BCUT2D eigenvalue weighted by Gasteiger charge is -2.09. The number of aryl methyl sites for hydroxylation is 1. The van der Waals surface area contributed by atoms with Gasteiger partial charge in [-0.1, -0.05) is 29.4 Å². The molecular weight excluding hydrogens is 238 g/mol. The highest BCUT2D eigenvalue weighted by atomic mass is 16.5. The van der Waals surface area contributed by atoms with Gasteiger partial charge in [0.25, 0.3) is 0 Å². The maximum absolute atomic E-state index is 8.70. The molecule has 0 fully saturated rings. The third-order valence-corrected chi connectivity index (χ3v) is 3.08. The van der Waals surface area contributed by atoms with E-state index >= 15 is 0 Å². The van der Waals surface area contributed by atoms with Crippen LogP contribution in [0.2, 0.25) is 0 Å². The van der Waals surface area contributed by atoms with Gasteiger partial charge in [-0.05, 0) is 54.8 Å². The van der Waals surface area contributed by atoms with E-state index in [-0.39, 0.29) is 0 Å². The summed E-state index contributed by atoms with van der Waals surface area (Å²) < 4.78 is 5.74. The molecule has 0 aromatic heterocycles. The summed E-state index contributed by atoms with van der Waals surface area (Å²) in [5.41, 5.74) is 3.87. The van der Waals surface area contributed by atoms with Crippen molar-refractivity contribution in [2.45, 2.75) is 20.5 Å². The van der Waals surface area contributed by atoms with Gasteiger partial charge in [0.1, 0.15) is 12.4 Å². The van der Waals surface area contributed by atoms with E-state index in [0.717, 1.165) is 11.3 Å². The van der Waals surface area contributed by atoms with Gasteiger partial charge < -0.3 is 9.94 Å². The van der Waals surface area contributed by atoms with Gasteiger partial charge in [-0.2, -0.15) is 0 Å². The molecule has 0 aliphatic heterocycles. The van der Waals surface area contributed by atoms with Crippen molar-refractivity contribution in [3.05, 3.63) is 65.2 Å². The number of oxime groups is 1. The van der Waals surface area contributed by atoms with Crippen LogP contribution in [0.1, 0.15) is 23.6 Å². The lowest BCUT2D eigenvalue weighted by Crippen LogP contribution is -1.98. The first kappa shape index (κ1) is 13.1. The summed E-state index contributed by atoms with van der Waals surface area (Å²) in [7, 11) is 0. The van der Waals surface area contributed by atoms with Gasteiger partial charge in [0.2, 0.25) is 0 Å². The molecule has 19 heavy (non-hydrogen) atoms. The van der Waals surface area contributed by atoms with Crippen LogP contribution in [0.3, 0.4) is 0 Å². The predicted molar refractivity (Wildman–Crippen MR) is 76.0 cm³/mol. The fourth-order valence-corrected chi connectivity index (χ4v) is 1.78. The molecule has 0 saturated carbocycles. The lowest BCUT2D eigenvalue weighted by atomic mass is 10.1. The topological polar surface area (TPSA) is 41.8 Å². The van der Waals surface area contributed by atoms with E-state index < -0.39 is 0 Å². The highest BCUT2D eigenvalue weighted by molar-refractivity contribution is 5.98. The zero-order valence-corrected chi connectivity index (χ0v) is 11.1. The van der Waals surface area contributed by atoms with Crippen molar-refractivity contribution in [2.24, 2.45) is 5.16 Å². The highest BCUT2D eigenvalue weighted by Gasteiger charge is 2.01. The SMILES string of the molecule is C/C(=N/O)c1ccc(OCc2ccccc2C)cc1. The summed E-state index contributed by atoms with van der Waals surface area (Å²) in [5, 5.41) is 11.9. The molecule has 0 aliphatic rings. The monoisotopic (exact) mass is 255 g/mol. The molecule has 2 aromatic carbocycles. The Kier molecular flexibility index (Phi) is 4.18. The number of hydrogen-bond donors (Lipinski definition) is 1. The second kappa shape index (κ2) is 6.05. The van der Waals surface area contributed by atoms with Crippen molar-refractivity contribution in [2.75, 3.05) is 0 Å². The molecule has 0 bridgehead atoms. The minimum atomic E-state index is 0.555. The number of benzene rings is 2. The van der Waals surface area contributed by atoms with Crippen LogP contribution in [0.15, 0.2) is 53.7 Å². The molecule has 98 valence electrons. The first-order valence-electron chi connectivity index (χ1n) is 6.17. The molecule has 0 heterocycles. The predicted octanol–water partition coefficient (Wildman–Crippen LogP) is 3.77. The average Bonchev–Trinajstić information content (AvgIpc) is 2.46. The van der Waals surface area contributed by atoms with Crippen LogP contribution in [0, 0.1) is 6.92 Å². The molecule has 0 radical (unpaired) electrons. The molecule has 0 amide bonds. The Balaban J connectivity index is 2.03. The Morgan fingerprint density at radius 1 is 1.11 bits per heavy atom. The van der Waals surface area contributed by atoms with Gasteiger partial charge >= 0.3 is 0 Å². The second-order valence-electron chi connectivity index (χ2n) is 4.42. The first-order chi connectivity index (χ1) is 9.20. The molecule has 1 N–H and O–H groups in total. The molecule has 0 atom stereocenters. The number of nitrogens with zero attached hydrogens (tertiary/aromatic N) is 1. The fraction of sp³-hybridized carbons (Fsp3) is 0.188. The van der Waals surface area contributed by atoms with Gasteiger partial charge in [-0.15, -0.1) is 0 Å². The summed E-state index contributed by atoms with van der Waals surface area (Å²) >= 11 is 0. The Hall–Kier alpha value is -2.29. The summed E-state index contributed by atoms with van der Waals surface area (Å²) in [6.45, 7) is 4.38. The van der Waals surface area contributed by atoms with E-state index in [2.05, 4.69) is 24.2 Å². The van der Waals surface area contributed by atoms with Crippen LogP contribution in [-0.2, 0) is 6.61 Å². The average molecular weight is 255 g/mol. The van der Waals surface area contributed by atoms with Crippen molar-refractivity contribution in [1.29, 1.82) is 0 Å². The van der Waals surface area contributed by atoms with Gasteiger partial charge in [0.05, 0.1) is 5.71 Å². The number of rotatable bonds is 4. The quantitative estimate of drug-likeness (QED) is 0.513. The molecule has 0 aliphatic carbocycles. The van der Waals surface area contributed by atoms with Crippen LogP contribution >= 0.6 is 0 Å². The molecule has 0 saturated heterocycles. The van der Waals surface area contributed by atoms with Crippen LogP contribution in [0.4, 0.5) is 0 Å². The third-order valence-electron chi connectivity index (χ3n) is 3.08. The van der Waals surface area contributed by atoms with Crippen molar-refractivity contribution < 1.29 is 9.94 Å². The normalized spacial score (nSPS) is 11.4. The minimum Gasteiger partial charge on any atom is -0.489 e. The summed E-state index contributed by atoms with van der Waals surface area (Å²) in [6.07, 6.45) is 0. The summed E-state index contributed by atoms with van der Waals surface area (Å²) in [6, 6.07) is 15.7. The van der Waals surface area contributed by atoms with Crippen molar-refractivity contribution in [3.8, 4) is 5.75 Å². The van der Waals surface area contributed by atoms with E-state index in [1.54, 1.807) is 6.92 Å². The molecule has 3 nitrogen and oxygen atoms in total. The third kappa shape index (κ3) is 3.35. The van der Waals surface area contributed by atoms with Gasteiger partial charge in [0, 0.05) is 0 Å². The number of ether oxygens (including phenoxy) is 1. The maximum Gasteiger partial charge on any atom is 0.119 e. The van der Waals surface area contributed by atoms with E-state index in [1.807, 2.05) is 36.4 Å². The Bertz CT molecular complexity index is 574. The molecule has 0 unspecified atom stereocenters. The standard InChI is InChI=1S/C16H17NO2/c1-12-5-3-4-6-15(12)11-19-16-9-7-14(8-10-16)13(2)17-18/h3-10,18H,11H2,1-2H3/b17-13-. The van der Waals surface area contributed by atoms with E-state index in [0.29, 0.717) is 12.3 Å². The molecule has 2 aromatic rings. The van der Waals surface area contributed by atoms with E-state index in [9.17, 15) is 0 Å². The Morgan fingerprint density at radius 3 is 2.42 bits per heavy atom. The maximum atomic E-state index is 8.70. The first-order valence-corrected chi connectivity index (χ1v) is 6.17. The molecule has 3 heteroatoms. The molecule has 2 rings (SSSR count). The van der Waals surface area contributed by atoms with E-state index in [4.69, 9.17) is 9.94 Å². The molecule has 0 spiro atoms. The highest BCUT2D eigenvalue weighted by Crippen LogP contribution is 2.16. The lowest BCUT2D eigenvalue weighted by molar-refractivity contribution is 0.305. The van der Waals surface area contributed by atoms with Crippen LogP contribution in [-0.4, -0.2) is 10.9 Å². The van der Waals surface area contributed by atoms with Gasteiger partial charge in [-0.25, -0.2) is 0 Å². The van der Waals surface area contributed by atoms with Crippen molar-refractivity contribution in [3.63, 3.8) is 0 Å². The summed E-state index contributed by atoms with van der Waals surface area (Å²) in [5.74, 6) is 0.803. The smallest absolute Gasteiger partial charge is 0.119 e. The van der Waals surface area contributed by atoms with Crippen molar-refractivity contribution >= 4 is 5.71 Å². The minimum absolute atomic E-state index is 0.555. The zero-order valence-electron chi connectivity index (χ0n) is 11.1.